The summed E-state index contributed by atoms with van der Waals surface area (Å²) in [5.41, 5.74) is 1.27. The van der Waals surface area contributed by atoms with Crippen LogP contribution < -0.4 is 5.32 Å². The maximum atomic E-state index is 11.2. The number of Topliss-reactive ketones (excluding diaryl/α,β-unsaturated/α-hetero) is 2. The van der Waals surface area contributed by atoms with E-state index in [1.165, 1.54) is 25.6 Å². The van der Waals surface area contributed by atoms with Gasteiger partial charge in [-0.25, -0.2) is 0 Å². The molecule has 1 aliphatic rings. The zero-order valence-corrected chi connectivity index (χ0v) is 9.54. The van der Waals surface area contributed by atoms with E-state index in [1.54, 1.807) is 0 Å². The molecule has 1 rings (SSSR count). The lowest BCUT2D eigenvalue weighted by atomic mass is 10.1. The molecule has 0 bridgehead atoms. The molecule has 0 spiro atoms. The van der Waals surface area contributed by atoms with Crippen LogP contribution in [0.5, 0.6) is 0 Å². The largest absolute Gasteiger partial charge is 0.352 e. The van der Waals surface area contributed by atoms with Crippen molar-refractivity contribution in [2.24, 2.45) is 0 Å². The fourth-order valence-electron chi connectivity index (χ4n) is 1.19. The molecule has 4 heteroatoms. The van der Waals surface area contributed by atoms with Gasteiger partial charge in [-0.1, -0.05) is 11.8 Å². The van der Waals surface area contributed by atoms with Crippen LogP contribution in [0, 0.1) is 0 Å². The first-order valence-electron chi connectivity index (χ1n) is 4.32. The van der Waals surface area contributed by atoms with Crippen molar-refractivity contribution in [3.05, 3.63) is 21.2 Å². The fraction of sp³-hybridized carbons (Fsp3) is 0.400. The maximum absolute atomic E-state index is 11.2. The monoisotopic (exact) mass is 211 g/mol. The molecule has 3 nitrogen and oxygen atoms in total. The molecule has 0 amide bonds. The summed E-state index contributed by atoms with van der Waals surface area (Å²) >= 11 is 1.44. The predicted octanol–water partition coefficient (Wildman–Crippen LogP) is 1.96. The smallest absolute Gasteiger partial charge is 0.166 e. The molecule has 0 aromatic rings. The van der Waals surface area contributed by atoms with E-state index in [9.17, 15) is 9.59 Å². The van der Waals surface area contributed by atoms with Crippen LogP contribution in [0.4, 0.5) is 0 Å². The van der Waals surface area contributed by atoms with Crippen LogP contribution in [-0.2, 0) is 9.59 Å². The molecular weight excluding hydrogens is 198 g/mol. The zero-order chi connectivity index (χ0) is 10.9. The van der Waals surface area contributed by atoms with Crippen molar-refractivity contribution in [3.63, 3.8) is 0 Å². The Hall–Kier alpha value is -1.03. The molecule has 0 atom stereocenters. The van der Waals surface area contributed by atoms with E-state index in [0.717, 1.165) is 10.6 Å². The Balaban J connectivity index is 3.07. The van der Waals surface area contributed by atoms with Crippen molar-refractivity contribution in [1.29, 1.82) is 0 Å². The Morgan fingerprint density at radius 3 is 1.93 bits per heavy atom. The Morgan fingerprint density at radius 1 is 1.14 bits per heavy atom. The van der Waals surface area contributed by atoms with Crippen molar-refractivity contribution >= 4 is 23.3 Å². The van der Waals surface area contributed by atoms with E-state index in [1.807, 2.05) is 13.8 Å². The van der Waals surface area contributed by atoms with E-state index in [4.69, 9.17) is 0 Å². The normalized spacial score (nSPS) is 15.6. The van der Waals surface area contributed by atoms with Gasteiger partial charge in [-0.2, -0.15) is 0 Å². The first-order valence-corrected chi connectivity index (χ1v) is 5.13. The second-order valence-corrected chi connectivity index (χ2v) is 4.45. The molecule has 0 radical (unpaired) electrons. The number of hydrogen-bond acceptors (Lipinski definition) is 4. The molecule has 76 valence electrons. The first-order chi connectivity index (χ1) is 6.43. The highest BCUT2D eigenvalue weighted by molar-refractivity contribution is 8.07. The van der Waals surface area contributed by atoms with Crippen molar-refractivity contribution in [1.82, 2.24) is 5.32 Å². The lowest BCUT2D eigenvalue weighted by Crippen LogP contribution is -2.14. The van der Waals surface area contributed by atoms with Gasteiger partial charge in [0.1, 0.15) is 0 Å². The van der Waals surface area contributed by atoms with E-state index in [-0.39, 0.29) is 17.1 Å². The van der Waals surface area contributed by atoms with E-state index in [2.05, 4.69) is 5.32 Å². The number of rotatable bonds is 2. The van der Waals surface area contributed by atoms with Crippen LogP contribution in [0.1, 0.15) is 27.7 Å². The number of carbonyl (C=O) groups is 2. The average molecular weight is 211 g/mol. The molecule has 0 saturated heterocycles. The molecule has 0 fully saturated rings. The number of ketones is 2. The van der Waals surface area contributed by atoms with Crippen LogP contribution >= 0.6 is 11.8 Å². The van der Waals surface area contributed by atoms with E-state index in [0.29, 0.717) is 5.03 Å². The number of nitrogens with one attached hydrogen (secondary N) is 1. The van der Waals surface area contributed by atoms with Gasteiger partial charge < -0.3 is 5.32 Å². The Kier molecular flexibility index (Phi) is 3.16. The molecule has 1 N–H and O–H groups in total. The molecular formula is C10H13NO2S. The van der Waals surface area contributed by atoms with E-state index < -0.39 is 0 Å². The zero-order valence-electron chi connectivity index (χ0n) is 8.72. The SMILES string of the molecule is CC(=O)C(C(C)=O)=C1NC(C)=C(C)S1. The summed E-state index contributed by atoms with van der Waals surface area (Å²) in [6.45, 7) is 6.70. The van der Waals surface area contributed by atoms with Gasteiger partial charge in [0.05, 0.1) is 10.6 Å². The lowest BCUT2D eigenvalue weighted by molar-refractivity contribution is -0.119. The number of allylic oxidation sites excluding steroid dienone is 3. The second kappa shape index (κ2) is 4.00. The summed E-state index contributed by atoms with van der Waals surface area (Å²) in [5, 5.41) is 3.71. The Morgan fingerprint density at radius 2 is 1.64 bits per heavy atom. The molecule has 1 aliphatic heterocycles. The standard InChI is InChI=1S/C10H13NO2S/c1-5-8(4)14-10(11-5)9(6(2)12)7(3)13/h11H,1-4H3. The molecule has 0 aliphatic carbocycles. The fourth-order valence-corrected chi connectivity index (χ4v) is 2.30. The van der Waals surface area contributed by atoms with Crippen molar-refractivity contribution in [2.75, 3.05) is 0 Å². The molecule has 0 aromatic heterocycles. The third-order valence-electron chi connectivity index (χ3n) is 2.02. The van der Waals surface area contributed by atoms with Gasteiger partial charge in [0, 0.05) is 10.6 Å². The van der Waals surface area contributed by atoms with Crippen LogP contribution in [-0.4, -0.2) is 11.6 Å². The summed E-state index contributed by atoms with van der Waals surface area (Å²) in [6.07, 6.45) is 0. The molecule has 14 heavy (non-hydrogen) atoms. The van der Waals surface area contributed by atoms with Crippen LogP contribution in [0.3, 0.4) is 0 Å². The minimum absolute atomic E-state index is 0.185. The highest BCUT2D eigenvalue weighted by atomic mass is 32.2. The minimum atomic E-state index is -0.185. The maximum Gasteiger partial charge on any atom is 0.166 e. The van der Waals surface area contributed by atoms with Gasteiger partial charge in [-0.3, -0.25) is 9.59 Å². The lowest BCUT2D eigenvalue weighted by Gasteiger charge is -2.04. The summed E-state index contributed by atoms with van der Waals surface area (Å²) in [6, 6.07) is 0. The Bertz CT molecular complexity index is 334. The molecule has 1 heterocycles. The topological polar surface area (TPSA) is 46.2 Å². The Labute approximate surface area is 87.6 Å². The van der Waals surface area contributed by atoms with Crippen molar-refractivity contribution < 1.29 is 9.59 Å². The van der Waals surface area contributed by atoms with Gasteiger partial charge in [0.15, 0.2) is 11.6 Å². The predicted molar refractivity (Wildman–Crippen MR) is 57.5 cm³/mol. The first kappa shape index (κ1) is 11.0. The van der Waals surface area contributed by atoms with Crippen LogP contribution in [0.2, 0.25) is 0 Å². The average Bonchev–Trinajstić information content (AvgIpc) is 2.29. The number of thioether (sulfide) groups is 1. The quantitative estimate of drug-likeness (QED) is 0.431. The van der Waals surface area contributed by atoms with Crippen LogP contribution in [0.25, 0.3) is 0 Å². The summed E-state index contributed by atoms with van der Waals surface area (Å²) < 4.78 is 0. The molecule has 0 saturated carbocycles. The highest BCUT2D eigenvalue weighted by Crippen LogP contribution is 2.34. The summed E-state index contributed by atoms with van der Waals surface area (Å²) in [4.78, 5) is 23.6. The molecule has 0 unspecified atom stereocenters. The van der Waals surface area contributed by atoms with Gasteiger partial charge in [0.25, 0.3) is 0 Å². The van der Waals surface area contributed by atoms with Crippen molar-refractivity contribution in [3.8, 4) is 0 Å². The number of carbonyl (C=O) groups excluding carboxylic acids is 2. The van der Waals surface area contributed by atoms with Gasteiger partial charge in [-0.05, 0) is 27.7 Å². The third-order valence-corrected chi connectivity index (χ3v) is 3.14. The van der Waals surface area contributed by atoms with Crippen molar-refractivity contribution in [2.45, 2.75) is 27.7 Å². The van der Waals surface area contributed by atoms with Gasteiger partial charge in [-0.15, -0.1) is 0 Å². The molecule has 0 aromatic carbocycles. The summed E-state index contributed by atoms with van der Waals surface area (Å²) in [5.74, 6) is -0.370. The van der Waals surface area contributed by atoms with E-state index >= 15 is 0 Å². The minimum Gasteiger partial charge on any atom is -0.352 e. The van der Waals surface area contributed by atoms with Gasteiger partial charge >= 0.3 is 0 Å². The second-order valence-electron chi connectivity index (χ2n) is 3.22. The van der Waals surface area contributed by atoms with Gasteiger partial charge in [0.2, 0.25) is 0 Å². The van der Waals surface area contributed by atoms with Crippen LogP contribution in [0.15, 0.2) is 21.2 Å². The highest BCUT2D eigenvalue weighted by Gasteiger charge is 2.22. The number of hydrogen-bond donors (Lipinski definition) is 1. The third kappa shape index (κ3) is 2.07. The summed E-state index contributed by atoms with van der Waals surface area (Å²) in [7, 11) is 0.